The summed E-state index contributed by atoms with van der Waals surface area (Å²) >= 11 is 0. The van der Waals surface area contributed by atoms with Gasteiger partial charge in [-0.2, -0.15) is 0 Å². The average Bonchev–Trinajstić information content (AvgIpc) is 2.63. The summed E-state index contributed by atoms with van der Waals surface area (Å²) in [5.74, 6) is 0. The first kappa shape index (κ1) is 10.7. The maximum Gasteiger partial charge on any atom is 0.0588 e. The maximum atomic E-state index is 5.53. The van der Waals surface area contributed by atoms with E-state index in [0.717, 1.165) is 26.1 Å². The van der Waals surface area contributed by atoms with Gasteiger partial charge in [-0.25, -0.2) is 0 Å². The highest BCUT2D eigenvalue weighted by atomic mass is 16.5. The Balaban J connectivity index is 1.83. The number of hydrogen-bond donors (Lipinski definition) is 1. The van der Waals surface area contributed by atoms with Crippen LogP contribution in [0, 0.1) is 0 Å². The first-order valence-corrected chi connectivity index (χ1v) is 5.37. The van der Waals surface area contributed by atoms with Crippen molar-refractivity contribution in [3.63, 3.8) is 0 Å². The fourth-order valence-electron chi connectivity index (χ4n) is 1.61. The van der Waals surface area contributed by atoms with Crippen LogP contribution in [-0.2, 0) is 4.74 Å². The second kappa shape index (κ2) is 7.10. The van der Waals surface area contributed by atoms with Gasteiger partial charge in [0.25, 0.3) is 0 Å². The normalized spacial score (nSPS) is 23.0. The van der Waals surface area contributed by atoms with E-state index in [2.05, 4.69) is 24.4 Å². The van der Waals surface area contributed by atoms with Gasteiger partial charge in [-0.15, -0.1) is 0 Å². The molecule has 0 aliphatic carbocycles. The highest BCUT2D eigenvalue weighted by Gasteiger charge is 2.13. The topological polar surface area (TPSA) is 21.3 Å². The summed E-state index contributed by atoms with van der Waals surface area (Å²) < 4.78 is 5.53. The smallest absolute Gasteiger partial charge is 0.0588 e. The standard InChI is InChI=1S/C11H21NO/c1-2-3-4-8-12-9-7-11-6-5-10-13-11/h2-3,11-12H,4-10H2,1H3/b3-2+. The van der Waals surface area contributed by atoms with E-state index in [1.165, 1.54) is 19.3 Å². The molecule has 1 saturated heterocycles. The second-order valence-corrected chi connectivity index (χ2v) is 3.53. The van der Waals surface area contributed by atoms with Gasteiger partial charge in [0, 0.05) is 6.61 Å². The van der Waals surface area contributed by atoms with Gasteiger partial charge in [0.15, 0.2) is 0 Å². The molecule has 1 atom stereocenters. The fourth-order valence-corrected chi connectivity index (χ4v) is 1.61. The lowest BCUT2D eigenvalue weighted by Crippen LogP contribution is -2.20. The maximum absolute atomic E-state index is 5.53. The number of nitrogens with one attached hydrogen (secondary N) is 1. The molecule has 0 aromatic carbocycles. The molecule has 1 rings (SSSR count). The lowest BCUT2D eigenvalue weighted by Gasteiger charge is -2.08. The molecule has 0 radical (unpaired) electrons. The summed E-state index contributed by atoms with van der Waals surface area (Å²) in [7, 11) is 0. The van der Waals surface area contributed by atoms with Gasteiger partial charge in [-0.1, -0.05) is 12.2 Å². The molecular weight excluding hydrogens is 162 g/mol. The molecule has 0 aromatic rings. The second-order valence-electron chi connectivity index (χ2n) is 3.53. The van der Waals surface area contributed by atoms with Gasteiger partial charge in [0.05, 0.1) is 6.10 Å². The summed E-state index contributed by atoms with van der Waals surface area (Å²) in [5.41, 5.74) is 0. The molecule has 2 nitrogen and oxygen atoms in total. The number of hydrogen-bond acceptors (Lipinski definition) is 2. The van der Waals surface area contributed by atoms with Crippen LogP contribution in [0.5, 0.6) is 0 Å². The first-order valence-electron chi connectivity index (χ1n) is 5.37. The molecule has 0 spiro atoms. The molecule has 1 aliphatic heterocycles. The van der Waals surface area contributed by atoms with Crippen molar-refractivity contribution in [3.8, 4) is 0 Å². The van der Waals surface area contributed by atoms with Gasteiger partial charge < -0.3 is 10.1 Å². The minimum atomic E-state index is 0.536. The number of ether oxygens (including phenoxy) is 1. The quantitative estimate of drug-likeness (QED) is 0.503. The molecule has 76 valence electrons. The van der Waals surface area contributed by atoms with Crippen molar-refractivity contribution in [2.45, 2.75) is 38.7 Å². The van der Waals surface area contributed by atoms with Crippen molar-refractivity contribution in [3.05, 3.63) is 12.2 Å². The Bertz CT molecular complexity index is 139. The SMILES string of the molecule is C/C=C/CCNCCC1CCCO1. The Morgan fingerprint density at radius 3 is 3.08 bits per heavy atom. The Morgan fingerprint density at radius 1 is 1.46 bits per heavy atom. The van der Waals surface area contributed by atoms with Crippen LogP contribution >= 0.6 is 0 Å². The van der Waals surface area contributed by atoms with Crippen LogP contribution in [0.1, 0.15) is 32.6 Å². The molecule has 0 saturated carbocycles. The Kier molecular flexibility index (Phi) is 5.87. The van der Waals surface area contributed by atoms with Crippen LogP contribution in [0.15, 0.2) is 12.2 Å². The number of rotatable bonds is 6. The third kappa shape index (κ3) is 5.06. The predicted octanol–water partition coefficient (Wildman–Crippen LogP) is 2.11. The largest absolute Gasteiger partial charge is 0.378 e. The Morgan fingerprint density at radius 2 is 2.38 bits per heavy atom. The lowest BCUT2D eigenvalue weighted by molar-refractivity contribution is 0.104. The van der Waals surface area contributed by atoms with Crippen LogP contribution in [0.4, 0.5) is 0 Å². The van der Waals surface area contributed by atoms with E-state index in [4.69, 9.17) is 4.74 Å². The molecule has 2 heteroatoms. The molecule has 13 heavy (non-hydrogen) atoms. The van der Waals surface area contributed by atoms with E-state index < -0.39 is 0 Å². The van der Waals surface area contributed by atoms with Gasteiger partial charge in [-0.3, -0.25) is 0 Å². The third-order valence-corrected chi connectivity index (χ3v) is 2.39. The van der Waals surface area contributed by atoms with Gasteiger partial charge >= 0.3 is 0 Å². The first-order chi connectivity index (χ1) is 6.43. The Labute approximate surface area is 81.4 Å². The van der Waals surface area contributed by atoms with Gasteiger partial charge in [0.2, 0.25) is 0 Å². The number of allylic oxidation sites excluding steroid dienone is 1. The molecule has 1 heterocycles. The van der Waals surface area contributed by atoms with E-state index in [1.54, 1.807) is 0 Å². The van der Waals surface area contributed by atoms with Gasteiger partial charge in [0.1, 0.15) is 0 Å². The van der Waals surface area contributed by atoms with Crippen LogP contribution in [0.25, 0.3) is 0 Å². The van der Waals surface area contributed by atoms with Crippen LogP contribution in [0.3, 0.4) is 0 Å². The summed E-state index contributed by atoms with van der Waals surface area (Å²) in [4.78, 5) is 0. The molecule has 0 amide bonds. The zero-order chi connectivity index (χ0) is 9.36. The van der Waals surface area contributed by atoms with Gasteiger partial charge in [-0.05, 0) is 45.7 Å². The zero-order valence-corrected chi connectivity index (χ0v) is 8.59. The zero-order valence-electron chi connectivity index (χ0n) is 8.59. The highest BCUT2D eigenvalue weighted by molar-refractivity contribution is 4.77. The van der Waals surface area contributed by atoms with E-state index in [-0.39, 0.29) is 0 Å². The lowest BCUT2D eigenvalue weighted by atomic mass is 10.2. The van der Waals surface area contributed by atoms with Crippen LogP contribution in [-0.4, -0.2) is 25.8 Å². The van der Waals surface area contributed by atoms with Crippen molar-refractivity contribution in [2.24, 2.45) is 0 Å². The summed E-state index contributed by atoms with van der Waals surface area (Å²) in [6.07, 6.45) is 9.66. The molecule has 1 unspecified atom stereocenters. The fraction of sp³-hybridized carbons (Fsp3) is 0.818. The van der Waals surface area contributed by atoms with E-state index in [1.807, 2.05) is 0 Å². The minimum absolute atomic E-state index is 0.536. The molecule has 0 aromatic heterocycles. The molecular formula is C11H21NO. The Hall–Kier alpha value is -0.340. The molecule has 1 N–H and O–H groups in total. The summed E-state index contributed by atoms with van der Waals surface area (Å²) in [6.45, 7) is 5.23. The molecule has 1 fully saturated rings. The van der Waals surface area contributed by atoms with E-state index in [9.17, 15) is 0 Å². The molecule has 1 aliphatic rings. The molecule has 0 bridgehead atoms. The van der Waals surface area contributed by atoms with Crippen molar-refractivity contribution < 1.29 is 4.74 Å². The van der Waals surface area contributed by atoms with Crippen molar-refractivity contribution >= 4 is 0 Å². The summed E-state index contributed by atoms with van der Waals surface area (Å²) in [5, 5.41) is 3.42. The average molecular weight is 183 g/mol. The van der Waals surface area contributed by atoms with Crippen LogP contribution < -0.4 is 5.32 Å². The highest BCUT2D eigenvalue weighted by Crippen LogP contribution is 2.14. The van der Waals surface area contributed by atoms with Crippen molar-refractivity contribution in [1.82, 2.24) is 5.32 Å². The van der Waals surface area contributed by atoms with Crippen LogP contribution in [0.2, 0.25) is 0 Å². The summed E-state index contributed by atoms with van der Waals surface area (Å²) in [6, 6.07) is 0. The monoisotopic (exact) mass is 183 g/mol. The third-order valence-electron chi connectivity index (χ3n) is 2.39. The van der Waals surface area contributed by atoms with Crippen molar-refractivity contribution in [1.29, 1.82) is 0 Å². The van der Waals surface area contributed by atoms with Crippen molar-refractivity contribution in [2.75, 3.05) is 19.7 Å². The van der Waals surface area contributed by atoms with E-state index >= 15 is 0 Å². The van der Waals surface area contributed by atoms with E-state index in [0.29, 0.717) is 6.10 Å². The predicted molar refractivity (Wildman–Crippen MR) is 55.9 cm³/mol. The minimum Gasteiger partial charge on any atom is -0.378 e.